The normalized spacial score (nSPS) is 14.5. The number of aromatic nitrogens is 2. The number of nitrogens with one attached hydrogen (secondary N) is 1. The number of aliphatic hydroxyl groups is 1. The molecule has 0 saturated carbocycles. The molecule has 2 aromatic heterocycles. The maximum Gasteiger partial charge on any atom is 0.149 e. The highest BCUT2D eigenvalue weighted by atomic mass is 32.1. The van der Waals surface area contributed by atoms with E-state index in [1.807, 2.05) is 18.5 Å². The summed E-state index contributed by atoms with van der Waals surface area (Å²) in [6, 6.07) is 4.12. The van der Waals surface area contributed by atoms with Gasteiger partial charge in [0.05, 0.1) is 11.5 Å². The summed E-state index contributed by atoms with van der Waals surface area (Å²) < 4.78 is 2.15. The monoisotopic (exact) mass is 279 g/mol. The highest BCUT2D eigenvalue weighted by Gasteiger charge is 2.22. The number of hydrogen-bond donors (Lipinski definition) is 2. The van der Waals surface area contributed by atoms with Gasteiger partial charge in [0.1, 0.15) is 5.82 Å². The van der Waals surface area contributed by atoms with Gasteiger partial charge < -0.3 is 15.0 Å². The van der Waals surface area contributed by atoms with Crippen molar-refractivity contribution in [2.45, 2.75) is 32.4 Å². The molecule has 5 heteroatoms. The lowest BCUT2D eigenvalue weighted by Crippen LogP contribution is -2.46. The van der Waals surface area contributed by atoms with Crippen molar-refractivity contribution in [1.29, 1.82) is 0 Å². The first-order chi connectivity index (χ1) is 9.18. The third-order valence-electron chi connectivity index (χ3n) is 3.31. The molecule has 4 nitrogen and oxygen atoms in total. The number of nitrogens with zero attached hydrogens (tertiary/aromatic N) is 2. The van der Waals surface area contributed by atoms with Crippen LogP contribution in [-0.2, 0) is 6.54 Å². The third kappa shape index (κ3) is 3.43. The molecule has 0 fully saturated rings. The van der Waals surface area contributed by atoms with Crippen LogP contribution in [0.4, 0.5) is 0 Å². The first-order valence-electron chi connectivity index (χ1n) is 6.59. The Kier molecular flexibility index (Phi) is 4.74. The molecule has 0 bridgehead atoms. The Morgan fingerprint density at radius 2 is 2.37 bits per heavy atom. The minimum Gasteiger partial charge on any atom is -0.394 e. The van der Waals surface area contributed by atoms with E-state index < -0.39 is 0 Å². The molecule has 0 saturated heterocycles. The lowest BCUT2D eigenvalue weighted by atomic mass is 9.99. The van der Waals surface area contributed by atoms with Crippen molar-refractivity contribution in [3.8, 4) is 10.7 Å². The summed E-state index contributed by atoms with van der Waals surface area (Å²) in [6.07, 6.45) is 4.70. The van der Waals surface area contributed by atoms with Crippen molar-refractivity contribution >= 4 is 11.3 Å². The Labute approximate surface area is 118 Å². The molecule has 19 heavy (non-hydrogen) atoms. The minimum absolute atomic E-state index is 0.143. The number of thiophene rings is 1. The molecule has 0 aliphatic rings. The van der Waals surface area contributed by atoms with Gasteiger partial charge in [-0.2, -0.15) is 0 Å². The SMILES string of the molecule is CCNC(C)(CO)CCn1ccnc1-c1cccs1. The zero-order valence-corrected chi connectivity index (χ0v) is 12.3. The highest BCUT2D eigenvalue weighted by Crippen LogP contribution is 2.23. The van der Waals surface area contributed by atoms with Crippen molar-refractivity contribution in [2.75, 3.05) is 13.2 Å². The Bertz CT molecular complexity index is 495. The molecule has 2 rings (SSSR count). The van der Waals surface area contributed by atoms with Crippen LogP contribution < -0.4 is 5.32 Å². The summed E-state index contributed by atoms with van der Waals surface area (Å²) in [5, 5.41) is 14.9. The number of aliphatic hydroxyl groups excluding tert-OH is 1. The Morgan fingerprint density at radius 3 is 3.00 bits per heavy atom. The second-order valence-electron chi connectivity index (χ2n) is 4.92. The molecule has 1 unspecified atom stereocenters. The van der Waals surface area contributed by atoms with Crippen LogP contribution in [0.15, 0.2) is 29.9 Å². The van der Waals surface area contributed by atoms with Crippen LogP contribution in [-0.4, -0.2) is 33.3 Å². The maximum atomic E-state index is 9.51. The van der Waals surface area contributed by atoms with E-state index in [2.05, 4.69) is 40.2 Å². The van der Waals surface area contributed by atoms with Crippen LogP contribution in [0.25, 0.3) is 10.7 Å². The van der Waals surface area contributed by atoms with Gasteiger partial charge in [0.15, 0.2) is 0 Å². The fourth-order valence-electron chi connectivity index (χ4n) is 2.14. The predicted octanol–water partition coefficient (Wildman–Crippen LogP) is 2.36. The number of rotatable bonds is 7. The molecule has 2 N–H and O–H groups in total. The van der Waals surface area contributed by atoms with E-state index in [9.17, 15) is 5.11 Å². The fourth-order valence-corrected chi connectivity index (χ4v) is 2.87. The zero-order chi connectivity index (χ0) is 13.7. The number of aryl methyl sites for hydroxylation is 1. The summed E-state index contributed by atoms with van der Waals surface area (Å²) in [7, 11) is 0. The van der Waals surface area contributed by atoms with Crippen LogP contribution in [0.3, 0.4) is 0 Å². The van der Waals surface area contributed by atoms with Gasteiger partial charge in [-0.15, -0.1) is 11.3 Å². The quantitative estimate of drug-likeness (QED) is 0.818. The molecule has 0 aliphatic heterocycles. The molecule has 2 aromatic rings. The fraction of sp³-hybridized carbons (Fsp3) is 0.500. The predicted molar refractivity (Wildman–Crippen MR) is 79.3 cm³/mol. The molecule has 0 spiro atoms. The second kappa shape index (κ2) is 6.32. The van der Waals surface area contributed by atoms with Crippen molar-refractivity contribution in [3.05, 3.63) is 29.9 Å². The summed E-state index contributed by atoms with van der Waals surface area (Å²) >= 11 is 1.70. The van der Waals surface area contributed by atoms with Crippen LogP contribution >= 0.6 is 11.3 Å². The van der Waals surface area contributed by atoms with Crippen molar-refractivity contribution in [1.82, 2.24) is 14.9 Å². The van der Waals surface area contributed by atoms with E-state index in [1.54, 1.807) is 11.3 Å². The van der Waals surface area contributed by atoms with Gasteiger partial charge in [-0.25, -0.2) is 4.98 Å². The van der Waals surface area contributed by atoms with Gasteiger partial charge in [0.2, 0.25) is 0 Å². The summed E-state index contributed by atoms with van der Waals surface area (Å²) in [6.45, 7) is 5.96. The van der Waals surface area contributed by atoms with E-state index in [1.165, 1.54) is 4.88 Å². The van der Waals surface area contributed by atoms with E-state index in [-0.39, 0.29) is 12.1 Å². The van der Waals surface area contributed by atoms with Crippen molar-refractivity contribution in [3.63, 3.8) is 0 Å². The topological polar surface area (TPSA) is 50.1 Å². The Balaban J connectivity index is 2.06. The number of hydrogen-bond acceptors (Lipinski definition) is 4. The second-order valence-corrected chi connectivity index (χ2v) is 5.87. The van der Waals surface area contributed by atoms with Crippen LogP contribution in [0.2, 0.25) is 0 Å². The zero-order valence-electron chi connectivity index (χ0n) is 11.5. The van der Waals surface area contributed by atoms with Crippen molar-refractivity contribution in [2.24, 2.45) is 0 Å². The molecule has 2 heterocycles. The molecule has 0 amide bonds. The molecule has 0 aliphatic carbocycles. The van der Waals surface area contributed by atoms with E-state index in [0.29, 0.717) is 0 Å². The average Bonchev–Trinajstić information content (AvgIpc) is 3.07. The highest BCUT2D eigenvalue weighted by molar-refractivity contribution is 7.13. The lowest BCUT2D eigenvalue weighted by molar-refractivity contribution is 0.163. The smallest absolute Gasteiger partial charge is 0.149 e. The number of likely N-dealkylation sites (N-methyl/N-ethyl adjacent to an activating group) is 1. The molecule has 0 radical (unpaired) electrons. The minimum atomic E-state index is -0.230. The van der Waals surface area contributed by atoms with Gasteiger partial charge in [-0.05, 0) is 31.3 Å². The van der Waals surface area contributed by atoms with E-state index in [0.717, 1.165) is 25.3 Å². The van der Waals surface area contributed by atoms with Crippen LogP contribution in [0.1, 0.15) is 20.3 Å². The van der Waals surface area contributed by atoms with Gasteiger partial charge in [-0.3, -0.25) is 0 Å². The maximum absolute atomic E-state index is 9.51. The average molecular weight is 279 g/mol. The molecule has 1 atom stereocenters. The number of imidazole rings is 1. The first kappa shape index (κ1) is 14.2. The molecule has 104 valence electrons. The van der Waals surface area contributed by atoms with Gasteiger partial charge in [-0.1, -0.05) is 13.0 Å². The molecular formula is C14H21N3OS. The van der Waals surface area contributed by atoms with Crippen LogP contribution in [0, 0.1) is 0 Å². The summed E-state index contributed by atoms with van der Waals surface area (Å²) in [5.41, 5.74) is -0.230. The van der Waals surface area contributed by atoms with Gasteiger partial charge in [0, 0.05) is 24.5 Å². The van der Waals surface area contributed by atoms with Gasteiger partial charge >= 0.3 is 0 Å². The third-order valence-corrected chi connectivity index (χ3v) is 4.18. The van der Waals surface area contributed by atoms with Gasteiger partial charge in [0.25, 0.3) is 0 Å². The lowest BCUT2D eigenvalue weighted by Gasteiger charge is -2.28. The van der Waals surface area contributed by atoms with E-state index in [4.69, 9.17) is 0 Å². The molecule has 0 aromatic carbocycles. The van der Waals surface area contributed by atoms with Crippen LogP contribution in [0.5, 0.6) is 0 Å². The largest absolute Gasteiger partial charge is 0.394 e. The Hall–Kier alpha value is -1.17. The summed E-state index contributed by atoms with van der Waals surface area (Å²) in [4.78, 5) is 5.60. The summed E-state index contributed by atoms with van der Waals surface area (Å²) in [5.74, 6) is 1.01. The first-order valence-corrected chi connectivity index (χ1v) is 7.47. The van der Waals surface area contributed by atoms with Crippen molar-refractivity contribution < 1.29 is 5.11 Å². The van der Waals surface area contributed by atoms with E-state index >= 15 is 0 Å². The Morgan fingerprint density at radius 1 is 1.53 bits per heavy atom. The standard InChI is InChI=1S/C14H21N3OS/c1-3-16-14(2,11-18)6-8-17-9-7-15-13(17)12-5-4-10-19-12/h4-5,7,9-10,16,18H,3,6,8,11H2,1-2H3. The molecular weight excluding hydrogens is 258 g/mol.